The van der Waals surface area contributed by atoms with Crippen LogP contribution < -0.4 is 20.4 Å². The fourth-order valence-electron chi connectivity index (χ4n) is 7.06. The van der Waals surface area contributed by atoms with Crippen molar-refractivity contribution in [2.75, 3.05) is 0 Å². The van der Waals surface area contributed by atoms with Gasteiger partial charge in [0.05, 0.1) is 0 Å². The van der Waals surface area contributed by atoms with Gasteiger partial charge < -0.3 is 19.4 Å². The van der Waals surface area contributed by atoms with Crippen LogP contribution in [-0.4, -0.2) is 16.7 Å². The first kappa shape index (κ1) is 32.8. The number of hydrogen-bond donors (Lipinski definition) is 0. The number of aromatic nitrogens is 2. The van der Waals surface area contributed by atoms with Crippen molar-refractivity contribution in [2.45, 2.75) is 45.4 Å². The number of allylic oxidation sites excluding steroid dienone is 1. The Hall–Kier alpha value is -4.73. The van der Waals surface area contributed by atoms with E-state index in [1.54, 1.807) is 0 Å². The molecule has 0 spiro atoms. The monoisotopic (exact) mass is 817 g/mol. The Morgan fingerprint density at radius 2 is 1.43 bits per heavy atom. The molecule has 2 aromatic heterocycles. The van der Waals surface area contributed by atoms with Gasteiger partial charge >= 0.3 is 21.1 Å². The quantitative estimate of drug-likeness (QED) is 0.129. The van der Waals surface area contributed by atoms with Gasteiger partial charge in [-0.25, -0.2) is 0 Å². The molecule has 0 bridgehead atoms. The van der Waals surface area contributed by atoms with Gasteiger partial charge in [-0.2, -0.15) is 0 Å². The molecule has 0 saturated heterocycles. The van der Waals surface area contributed by atoms with E-state index in [4.69, 9.17) is 19.4 Å². The van der Waals surface area contributed by atoms with Gasteiger partial charge in [-0.15, -0.1) is 47.5 Å². The molecule has 4 nitrogen and oxygen atoms in total. The summed E-state index contributed by atoms with van der Waals surface area (Å²) in [6, 6.07) is 44.1. The van der Waals surface area contributed by atoms with Crippen LogP contribution in [0.4, 0.5) is 0 Å². The van der Waals surface area contributed by atoms with Gasteiger partial charge in [0.15, 0.2) is 0 Å². The molecule has 3 heterocycles. The topological polar surface area (TPSA) is 44.2 Å². The van der Waals surface area contributed by atoms with Crippen LogP contribution in [0.25, 0.3) is 28.3 Å². The number of para-hydroxylation sites is 1. The zero-order chi connectivity index (χ0) is 33.0. The number of ether oxygens (including phenoxy) is 2. The van der Waals surface area contributed by atoms with Crippen LogP contribution in [0.2, 0.25) is 0 Å². The smallest absolute Gasteiger partial charge is 0.497 e. The van der Waals surface area contributed by atoms with Crippen molar-refractivity contribution in [1.29, 1.82) is 0 Å². The molecule has 1 aliphatic carbocycles. The number of pyridine rings is 2. The van der Waals surface area contributed by atoms with Crippen molar-refractivity contribution < 1.29 is 30.5 Å². The first-order valence-corrected chi connectivity index (χ1v) is 16.4. The van der Waals surface area contributed by atoms with Crippen LogP contribution in [0.15, 0.2) is 127 Å². The maximum absolute atomic E-state index is 6.82. The molecule has 8 rings (SSSR count). The summed E-state index contributed by atoms with van der Waals surface area (Å²) in [6.45, 7) is 11.2. The molecule has 0 fully saturated rings. The van der Waals surface area contributed by atoms with Crippen molar-refractivity contribution in [3.8, 4) is 39.8 Å². The summed E-state index contributed by atoms with van der Waals surface area (Å²) in [5.74, 6) is 2.94. The molecule has 4 aromatic carbocycles. The van der Waals surface area contributed by atoms with Gasteiger partial charge in [-0.1, -0.05) is 113 Å². The molecule has 0 saturated carbocycles. The van der Waals surface area contributed by atoms with E-state index in [0.29, 0.717) is 11.5 Å². The third-order valence-corrected chi connectivity index (χ3v) is 9.55. The van der Waals surface area contributed by atoms with Crippen LogP contribution in [0.1, 0.15) is 51.3 Å². The first-order valence-electron chi connectivity index (χ1n) is 16.4. The summed E-state index contributed by atoms with van der Waals surface area (Å²) < 4.78 is 13.2. The van der Waals surface area contributed by atoms with Crippen molar-refractivity contribution in [3.63, 3.8) is 0 Å². The van der Waals surface area contributed by atoms with Gasteiger partial charge in [-0.3, -0.25) is 0 Å². The standard InChI is InChI=1S/C43H35BN2O2.Pt/c1-42(2,3)30-21-22-36(46-27-30)28-13-11-17-32(25-28)47-33-18-12-14-29(26-33)39-38-34(23-24-45-39)43(4,5)41-40(38)48-37-20-10-9-19-35(37)44(41)31-15-7-6-8-16-31;/h6-24,27H,1-5H3;/q-2;+2. The number of fused-ring (bicyclic) bond motifs is 3. The summed E-state index contributed by atoms with van der Waals surface area (Å²) in [5, 5.41) is 0. The summed E-state index contributed by atoms with van der Waals surface area (Å²) >= 11 is 0. The Bertz CT molecular complexity index is 2200. The molecule has 1 aliphatic heterocycles. The van der Waals surface area contributed by atoms with E-state index in [2.05, 4.69) is 107 Å². The predicted octanol–water partition coefficient (Wildman–Crippen LogP) is 8.74. The average Bonchev–Trinajstić information content (AvgIpc) is 3.33. The van der Waals surface area contributed by atoms with Crippen LogP contribution >= 0.6 is 0 Å². The Kier molecular flexibility index (Phi) is 8.45. The summed E-state index contributed by atoms with van der Waals surface area (Å²) in [7, 11) is 0. The second kappa shape index (κ2) is 12.6. The SMILES string of the molecule is CC(C)(C)c1ccc(-c2[c-]c(Oc3[c-]c(-c4nccc5c4C4=C(B(c6ccccc6)c6ccccc6O4)C5(C)C)ccc3)ccc2)nc1.[Pt+2]. The van der Waals surface area contributed by atoms with Crippen LogP contribution in [-0.2, 0) is 31.9 Å². The fourth-order valence-corrected chi connectivity index (χ4v) is 7.06. The maximum Gasteiger partial charge on any atom is 2.00 e. The van der Waals surface area contributed by atoms with Crippen molar-refractivity contribution in [3.05, 3.63) is 156 Å². The van der Waals surface area contributed by atoms with E-state index < -0.39 is 0 Å². The minimum Gasteiger partial charge on any atom is -0.497 e. The molecular weight excluding hydrogens is 782 g/mol. The first-order chi connectivity index (χ1) is 23.2. The van der Waals surface area contributed by atoms with E-state index >= 15 is 0 Å². The molecule has 0 amide bonds. The van der Waals surface area contributed by atoms with Gasteiger partial charge in [0.1, 0.15) is 11.5 Å². The molecule has 0 unspecified atom stereocenters. The Morgan fingerprint density at radius 1 is 0.735 bits per heavy atom. The molecule has 2 aliphatic rings. The molecule has 49 heavy (non-hydrogen) atoms. The second-order valence-electron chi connectivity index (χ2n) is 14.1. The van der Waals surface area contributed by atoms with E-state index in [1.807, 2.05) is 60.9 Å². The van der Waals surface area contributed by atoms with Crippen molar-refractivity contribution >= 4 is 23.4 Å². The van der Waals surface area contributed by atoms with Gasteiger partial charge in [-0.05, 0) is 51.0 Å². The van der Waals surface area contributed by atoms with Crippen molar-refractivity contribution in [1.82, 2.24) is 9.97 Å². The molecule has 0 atom stereocenters. The van der Waals surface area contributed by atoms with Gasteiger partial charge in [0.2, 0.25) is 6.71 Å². The third kappa shape index (κ3) is 5.85. The van der Waals surface area contributed by atoms with Crippen LogP contribution in [0, 0.1) is 12.1 Å². The Labute approximate surface area is 303 Å². The molecular formula is C43H35BN2O2Pt. The van der Waals surface area contributed by atoms with Crippen LogP contribution in [0.3, 0.4) is 0 Å². The summed E-state index contributed by atoms with van der Waals surface area (Å²) in [6.07, 6.45) is 3.84. The molecule has 0 radical (unpaired) electrons. The zero-order valence-corrected chi connectivity index (χ0v) is 30.4. The van der Waals surface area contributed by atoms with E-state index in [0.717, 1.165) is 39.6 Å². The summed E-state index contributed by atoms with van der Waals surface area (Å²) in [5.41, 5.74) is 10.2. The minimum atomic E-state index is -0.293. The number of hydrogen-bond acceptors (Lipinski definition) is 4. The van der Waals surface area contributed by atoms with Crippen LogP contribution in [0.5, 0.6) is 17.2 Å². The van der Waals surface area contributed by atoms with Gasteiger partial charge in [0.25, 0.3) is 0 Å². The number of nitrogens with zero attached hydrogens (tertiary/aromatic N) is 2. The summed E-state index contributed by atoms with van der Waals surface area (Å²) in [4.78, 5) is 9.66. The maximum atomic E-state index is 6.82. The minimum absolute atomic E-state index is 0. The molecule has 6 aromatic rings. The Morgan fingerprint density at radius 3 is 2.14 bits per heavy atom. The normalized spacial score (nSPS) is 14.3. The fraction of sp³-hybridized carbons (Fsp3) is 0.163. The van der Waals surface area contributed by atoms with E-state index in [9.17, 15) is 0 Å². The zero-order valence-electron chi connectivity index (χ0n) is 28.2. The number of rotatable bonds is 5. The average molecular weight is 818 g/mol. The predicted molar refractivity (Wildman–Crippen MR) is 194 cm³/mol. The largest absolute Gasteiger partial charge is 2.00 e. The number of benzene rings is 4. The van der Waals surface area contributed by atoms with E-state index in [-0.39, 0.29) is 38.6 Å². The van der Waals surface area contributed by atoms with Gasteiger partial charge in [0, 0.05) is 34.9 Å². The van der Waals surface area contributed by atoms with E-state index in [1.165, 1.54) is 27.5 Å². The van der Waals surface area contributed by atoms with Crippen molar-refractivity contribution in [2.24, 2.45) is 0 Å². The molecule has 0 N–H and O–H groups in total. The molecule has 242 valence electrons. The third-order valence-electron chi connectivity index (χ3n) is 9.55. The second-order valence-corrected chi connectivity index (χ2v) is 14.1. The Balaban J connectivity index is 0.00000378. The molecule has 6 heteroatoms.